The fraction of sp³-hybridized carbons (Fsp3) is 0.538. The van der Waals surface area contributed by atoms with E-state index >= 15 is 0 Å². The normalized spacial score (nSPS) is 15.9. The molecule has 4 nitrogen and oxygen atoms in total. The molecule has 0 aromatic carbocycles. The second-order valence-corrected chi connectivity index (χ2v) is 3.60. The predicted octanol–water partition coefficient (Wildman–Crippen LogP) is 2.02. The molecule has 0 rings (SSSR count). The van der Waals surface area contributed by atoms with Crippen molar-refractivity contribution in [3.63, 3.8) is 0 Å². The maximum Gasteiger partial charge on any atom is 0.179 e. The van der Waals surface area contributed by atoms with Crippen LogP contribution in [0.1, 0.15) is 13.8 Å². The Bertz CT molecular complexity index is 288. The first-order valence-electron chi connectivity index (χ1n) is 5.34. The molecule has 0 aromatic heterocycles. The molecule has 0 spiro atoms. The van der Waals surface area contributed by atoms with Crippen LogP contribution in [0, 0.1) is 0 Å². The van der Waals surface area contributed by atoms with Gasteiger partial charge in [0, 0.05) is 21.3 Å². The summed E-state index contributed by atoms with van der Waals surface area (Å²) in [6.07, 6.45) is 6.17. The second kappa shape index (κ2) is 9.13. The highest BCUT2D eigenvalue weighted by atomic mass is 16.7. The average molecular weight is 242 g/mol. The molecule has 0 amide bonds. The van der Waals surface area contributed by atoms with Crippen LogP contribution in [0.2, 0.25) is 0 Å². The Labute approximate surface area is 103 Å². The van der Waals surface area contributed by atoms with Crippen LogP contribution in [-0.4, -0.2) is 39.0 Å². The lowest BCUT2D eigenvalue weighted by molar-refractivity contribution is -0.0746. The second-order valence-electron chi connectivity index (χ2n) is 3.60. The van der Waals surface area contributed by atoms with Gasteiger partial charge in [-0.2, -0.15) is 0 Å². The maximum absolute atomic E-state index is 9.32. The van der Waals surface area contributed by atoms with Gasteiger partial charge in [0.1, 0.15) is 0 Å². The van der Waals surface area contributed by atoms with Crippen LogP contribution in [0.4, 0.5) is 0 Å². The molecule has 0 aliphatic heterocycles. The van der Waals surface area contributed by atoms with Crippen molar-refractivity contribution in [1.29, 1.82) is 0 Å². The lowest BCUT2D eigenvalue weighted by Gasteiger charge is -2.12. The number of allylic oxidation sites excluding steroid dienone is 4. The lowest BCUT2D eigenvalue weighted by Crippen LogP contribution is -2.13. The molecule has 98 valence electrons. The number of ether oxygens (including phenoxy) is 3. The van der Waals surface area contributed by atoms with Gasteiger partial charge in [-0.15, -0.1) is 0 Å². The molecule has 1 N–H and O–H groups in total. The van der Waals surface area contributed by atoms with Crippen LogP contribution < -0.4 is 0 Å². The first-order chi connectivity index (χ1) is 8.06. The summed E-state index contributed by atoms with van der Waals surface area (Å²) in [5.74, 6) is 0. The first-order valence-corrected chi connectivity index (χ1v) is 5.34. The Hall–Kier alpha value is -0.940. The van der Waals surface area contributed by atoms with E-state index in [0.29, 0.717) is 0 Å². The summed E-state index contributed by atoms with van der Waals surface area (Å²) in [5, 5.41) is 9.32. The summed E-state index contributed by atoms with van der Waals surface area (Å²) in [6.45, 7) is 3.71. The van der Waals surface area contributed by atoms with Crippen LogP contribution in [0.3, 0.4) is 0 Å². The van der Waals surface area contributed by atoms with Gasteiger partial charge < -0.3 is 19.3 Å². The van der Waals surface area contributed by atoms with Crippen LogP contribution in [0.25, 0.3) is 0 Å². The van der Waals surface area contributed by atoms with Crippen LogP contribution >= 0.6 is 0 Å². The third kappa shape index (κ3) is 6.38. The largest absolute Gasteiger partial charge is 0.364 e. The van der Waals surface area contributed by atoms with E-state index in [1.54, 1.807) is 27.2 Å². The van der Waals surface area contributed by atoms with Gasteiger partial charge in [0.25, 0.3) is 0 Å². The molecule has 0 aromatic rings. The molecule has 0 radical (unpaired) electrons. The van der Waals surface area contributed by atoms with Crippen LogP contribution in [0.5, 0.6) is 0 Å². The van der Waals surface area contributed by atoms with E-state index in [0.717, 1.165) is 11.1 Å². The minimum atomic E-state index is -0.851. The third-order valence-corrected chi connectivity index (χ3v) is 2.24. The summed E-state index contributed by atoms with van der Waals surface area (Å²) in [4.78, 5) is 0. The highest BCUT2D eigenvalue weighted by molar-refractivity contribution is 5.19. The molecule has 17 heavy (non-hydrogen) atoms. The van der Waals surface area contributed by atoms with Gasteiger partial charge >= 0.3 is 0 Å². The number of aliphatic hydroxyl groups excluding tert-OH is 1. The number of hydrogen-bond donors (Lipinski definition) is 1. The smallest absolute Gasteiger partial charge is 0.179 e. The van der Waals surface area contributed by atoms with E-state index in [1.807, 2.05) is 25.2 Å². The summed E-state index contributed by atoms with van der Waals surface area (Å²) in [5.41, 5.74) is 1.70. The minimum absolute atomic E-state index is 0.325. The zero-order valence-electron chi connectivity index (χ0n) is 11.1. The van der Waals surface area contributed by atoms with Crippen molar-refractivity contribution in [2.45, 2.75) is 26.4 Å². The van der Waals surface area contributed by atoms with E-state index in [1.165, 1.54) is 7.11 Å². The standard InChI is InChI=1S/C13H22O4/c1-10(12(14)15-3)8-6-7-9-11(2)13(16-4)17-5/h6-9,12-14H,1-5H3/b7-6+,10-8+,11-9+. The maximum atomic E-state index is 9.32. The van der Waals surface area contributed by atoms with Crippen molar-refractivity contribution in [1.82, 2.24) is 0 Å². The predicted molar refractivity (Wildman–Crippen MR) is 67.5 cm³/mol. The topological polar surface area (TPSA) is 47.9 Å². The molecule has 0 aliphatic carbocycles. The Morgan fingerprint density at radius 1 is 0.882 bits per heavy atom. The fourth-order valence-electron chi connectivity index (χ4n) is 1.23. The van der Waals surface area contributed by atoms with E-state index in [2.05, 4.69) is 0 Å². The van der Waals surface area contributed by atoms with E-state index in [9.17, 15) is 5.11 Å². The van der Waals surface area contributed by atoms with E-state index < -0.39 is 6.29 Å². The molecule has 0 saturated carbocycles. The van der Waals surface area contributed by atoms with E-state index in [-0.39, 0.29) is 6.29 Å². The number of hydrogen-bond acceptors (Lipinski definition) is 4. The average Bonchev–Trinajstić information content (AvgIpc) is 2.34. The summed E-state index contributed by atoms with van der Waals surface area (Å²) in [6, 6.07) is 0. The van der Waals surface area contributed by atoms with E-state index in [4.69, 9.17) is 14.2 Å². The van der Waals surface area contributed by atoms with Crippen molar-refractivity contribution in [2.24, 2.45) is 0 Å². The molecule has 0 fully saturated rings. The molecule has 1 unspecified atom stereocenters. The molecule has 0 heterocycles. The molecular formula is C13H22O4. The Kier molecular flexibility index (Phi) is 8.62. The third-order valence-electron chi connectivity index (χ3n) is 2.24. The molecule has 0 bridgehead atoms. The molecule has 1 atom stereocenters. The van der Waals surface area contributed by atoms with Gasteiger partial charge in [-0.3, -0.25) is 0 Å². The van der Waals surface area contributed by atoms with Crippen molar-refractivity contribution >= 4 is 0 Å². The highest BCUT2D eigenvalue weighted by Gasteiger charge is 2.05. The van der Waals surface area contributed by atoms with Crippen molar-refractivity contribution in [3.05, 3.63) is 35.5 Å². The molecule has 0 saturated heterocycles. The fourth-order valence-corrected chi connectivity index (χ4v) is 1.23. The Morgan fingerprint density at radius 3 is 1.76 bits per heavy atom. The Balaban J connectivity index is 4.40. The quantitative estimate of drug-likeness (QED) is 0.548. The van der Waals surface area contributed by atoms with Gasteiger partial charge in [-0.1, -0.05) is 24.3 Å². The van der Waals surface area contributed by atoms with Crippen molar-refractivity contribution in [2.75, 3.05) is 21.3 Å². The lowest BCUT2D eigenvalue weighted by atomic mass is 10.2. The molecule has 0 aliphatic rings. The zero-order chi connectivity index (χ0) is 13.3. The zero-order valence-corrected chi connectivity index (χ0v) is 11.1. The highest BCUT2D eigenvalue weighted by Crippen LogP contribution is 2.06. The van der Waals surface area contributed by atoms with Gasteiger partial charge in [0.2, 0.25) is 0 Å². The molecular weight excluding hydrogens is 220 g/mol. The SMILES string of the molecule is COC(O)/C(C)=C/C=C/C=C(\C)C(OC)OC. The summed E-state index contributed by atoms with van der Waals surface area (Å²) >= 11 is 0. The van der Waals surface area contributed by atoms with Crippen LogP contribution in [0.15, 0.2) is 35.5 Å². The Morgan fingerprint density at radius 2 is 1.35 bits per heavy atom. The van der Waals surface area contributed by atoms with Crippen molar-refractivity contribution < 1.29 is 19.3 Å². The first kappa shape index (κ1) is 16.1. The number of methoxy groups -OCH3 is 3. The minimum Gasteiger partial charge on any atom is -0.364 e. The molecule has 4 heteroatoms. The van der Waals surface area contributed by atoms with Gasteiger partial charge in [0.05, 0.1) is 0 Å². The summed E-state index contributed by atoms with van der Waals surface area (Å²) < 4.78 is 15.0. The summed E-state index contributed by atoms with van der Waals surface area (Å²) in [7, 11) is 4.64. The number of aliphatic hydroxyl groups is 1. The van der Waals surface area contributed by atoms with Gasteiger partial charge in [-0.25, -0.2) is 0 Å². The number of rotatable bonds is 7. The van der Waals surface area contributed by atoms with Gasteiger partial charge in [-0.05, 0) is 25.0 Å². The monoisotopic (exact) mass is 242 g/mol. The van der Waals surface area contributed by atoms with Crippen molar-refractivity contribution in [3.8, 4) is 0 Å². The van der Waals surface area contributed by atoms with Gasteiger partial charge in [0.15, 0.2) is 12.6 Å². The van der Waals surface area contributed by atoms with Crippen LogP contribution in [-0.2, 0) is 14.2 Å².